The van der Waals surface area contributed by atoms with Gasteiger partial charge < -0.3 is 9.64 Å². The molecule has 18 heavy (non-hydrogen) atoms. The van der Waals surface area contributed by atoms with Crippen molar-refractivity contribution in [3.05, 3.63) is 0 Å². The van der Waals surface area contributed by atoms with E-state index in [2.05, 4.69) is 11.8 Å². The Morgan fingerprint density at radius 3 is 2.67 bits per heavy atom. The van der Waals surface area contributed by atoms with Gasteiger partial charge in [0.2, 0.25) is 5.91 Å². The van der Waals surface area contributed by atoms with Crippen LogP contribution in [0.25, 0.3) is 0 Å². The zero-order valence-electron chi connectivity index (χ0n) is 11.9. The van der Waals surface area contributed by atoms with Gasteiger partial charge in [-0.3, -0.25) is 4.79 Å². The second-order valence-corrected chi connectivity index (χ2v) is 5.99. The second-order valence-electron chi connectivity index (χ2n) is 5.99. The summed E-state index contributed by atoms with van der Waals surface area (Å²) in [6.07, 6.45) is 9.54. The van der Waals surface area contributed by atoms with Crippen molar-refractivity contribution in [1.29, 1.82) is 0 Å². The Hall–Kier alpha value is -0.570. The second kappa shape index (κ2) is 6.05. The van der Waals surface area contributed by atoms with Gasteiger partial charge in [-0.25, -0.2) is 0 Å². The molecule has 1 amide bonds. The molecule has 0 radical (unpaired) electrons. The Morgan fingerprint density at radius 1 is 1.33 bits per heavy atom. The molecule has 0 aromatic heterocycles. The topological polar surface area (TPSA) is 29.5 Å². The number of carbonyl (C=O) groups is 1. The third kappa shape index (κ3) is 2.71. The monoisotopic (exact) mass is 253 g/mol. The van der Waals surface area contributed by atoms with Crippen LogP contribution >= 0.6 is 0 Å². The highest BCUT2D eigenvalue weighted by Crippen LogP contribution is 2.44. The maximum atomic E-state index is 12.0. The number of nitrogens with zero attached hydrogens (tertiary/aromatic N) is 1. The van der Waals surface area contributed by atoms with Crippen LogP contribution < -0.4 is 0 Å². The maximum Gasteiger partial charge on any atom is 0.223 e. The summed E-state index contributed by atoms with van der Waals surface area (Å²) in [7, 11) is 1.71. The minimum Gasteiger partial charge on any atom is -0.383 e. The average Bonchev–Trinajstić information content (AvgIpc) is 2.68. The van der Waals surface area contributed by atoms with Crippen LogP contribution in [0.3, 0.4) is 0 Å². The van der Waals surface area contributed by atoms with E-state index in [1.807, 2.05) is 0 Å². The SMILES string of the molecule is CCCC1CCC2(CCC(=O)N2CCOC)CC1. The van der Waals surface area contributed by atoms with E-state index >= 15 is 0 Å². The number of carbonyl (C=O) groups excluding carboxylic acids is 1. The van der Waals surface area contributed by atoms with Crippen molar-refractivity contribution in [2.45, 2.75) is 63.8 Å². The van der Waals surface area contributed by atoms with Gasteiger partial charge in [-0.15, -0.1) is 0 Å². The lowest BCUT2D eigenvalue weighted by Crippen LogP contribution is -2.49. The summed E-state index contributed by atoms with van der Waals surface area (Å²) < 4.78 is 5.15. The lowest BCUT2D eigenvalue weighted by molar-refractivity contribution is -0.133. The fraction of sp³-hybridized carbons (Fsp3) is 0.933. The molecule has 2 aliphatic rings. The fourth-order valence-electron chi connectivity index (χ4n) is 3.85. The highest BCUT2D eigenvalue weighted by molar-refractivity contribution is 5.79. The summed E-state index contributed by atoms with van der Waals surface area (Å²) in [6, 6.07) is 0. The van der Waals surface area contributed by atoms with Crippen LogP contribution in [0, 0.1) is 5.92 Å². The average molecular weight is 253 g/mol. The lowest BCUT2D eigenvalue weighted by atomic mass is 9.74. The van der Waals surface area contributed by atoms with Gasteiger partial charge in [0, 0.05) is 25.6 Å². The third-order valence-corrected chi connectivity index (χ3v) is 4.93. The molecule has 0 bridgehead atoms. The molecule has 1 spiro atoms. The first-order valence-electron chi connectivity index (χ1n) is 7.51. The van der Waals surface area contributed by atoms with Crippen LogP contribution in [-0.2, 0) is 9.53 Å². The maximum absolute atomic E-state index is 12.0. The molecule has 1 aliphatic carbocycles. The molecule has 0 N–H and O–H groups in total. The van der Waals surface area contributed by atoms with Gasteiger partial charge in [-0.2, -0.15) is 0 Å². The standard InChI is InChI=1S/C15H27NO2/c1-3-4-13-5-8-15(9-6-13)10-7-14(17)16(15)11-12-18-2/h13H,3-12H2,1-2H3. The van der Waals surface area contributed by atoms with Gasteiger partial charge in [0.25, 0.3) is 0 Å². The smallest absolute Gasteiger partial charge is 0.223 e. The summed E-state index contributed by atoms with van der Waals surface area (Å²) in [5.41, 5.74) is 0.194. The Labute approximate surface area is 111 Å². The molecule has 0 aromatic carbocycles. The first kappa shape index (κ1) is 13.9. The molecule has 104 valence electrons. The van der Waals surface area contributed by atoms with Crippen LogP contribution in [0.5, 0.6) is 0 Å². The van der Waals surface area contributed by atoms with Gasteiger partial charge in [0.1, 0.15) is 0 Å². The number of amides is 1. The molecular formula is C15H27NO2. The van der Waals surface area contributed by atoms with Crippen LogP contribution in [0.2, 0.25) is 0 Å². The van der Waals surface area contributed by atoms with Gasteiger partial charge in [0.15, 0.2) is 0 Å². The third-order valence-electron chi connectivity index (χ3n) is 4.93. The summed E-state index contributed by atoms with van der Waals surface area (Å²) >= 11 is 0. The van der Waals surface area contributed by atoms with Crippen molar-refractivity contribution >= 4 is 5.91 Å². The summed E-state index contributed by atoms with van der Waals surface area (Å²) in [5, 5.41) is 0. The van der Waals surface area contributed by atoms with E-state index in [9.17, 15) is 4.79 Å². The highest BCUT2D eigenvalue weighted by atomic mass is 16.5. The van der Waals surface area contributed by atoms with E-state index < -0.39 is 0 Å². The van der Waals surface area contributed by atoms with Crippen LogP contribution in [0.1, 0.15) is 58.3 Å². The molecule has 1 aliphatic heterocycles. The largest absolute Gasteiger partial charge is 0.383 e. The van der Waals surface area contributed by atoms with Crippen LogP contribution in [0.15, 0.2) is 0 Å². The van der Waals surface area contributed by atoms with Crippen molar-refractivity contribution in [3.8, 4) is 0 Å². The minimum atomic E-state index is 0.194. The number of ether oxygens (including phenoxy) is 1. The van der Waals surface area contributed by atoms with Crippen LogP contribution in [0.4, 0.5) is 0 Å². The zero-order valence-corrected chi connectivity index (χ0v) is 11.9. The molecule has 3 heteroatoms. The molecule has 2 fully saturated rings. The lowest BCUT2D eigenvalue weighted by Gasteiger charge is -2.44. The summed E-state index contributed by atoms with van der Waals surface area (Å²) in [6.45, 7) is 3.73. The van der Waals surface area contributed by atoms with Gasteiger partial charge in [-0.1, -0.05) is 19.8 Å². The molecule has 1 heterocycles. The van der Waals surface area contributed by atoms with E-state index in [0.717, 1.165) is 25.3 Å². The highest BCUT2D eigenvalue weighted by Gasteiger charge is 2.46. The van der Waals surface area contributed by atoms with Crippen molar-refractivity contribution < 1.29 is 9.53 Å². The molecule has 2 rings (SSSR count). The molecular weight excluding hydrogens is 226 g/mol. The zero-order chi connectivity index (χ0) is 13.0. The Balaban J connectivity index is 1.96. The van der Waals surface area contributed by atoms with Gasteiger partial charge >= 0.3 is 0 Å². The number of hydrogen-bond donors (Lipinski definition) is 0. The number of methoxy groups -OCH3 is 1. The molecule has 0 unspecified atom stereocenters. The molecule has 3 nitrogen and oxygen atoms in total. The van der Waals surface area contributed by atoms with Crippen molar-refractivity contribution in [3.63, 3.8) is 0 Å². The van der Waals surface area contributed by atoms with Crippen molar-refractivity contribution in [2.75, 3.05) is 20.3 Å². The first-order valence-corrected chi connectivity index (χ1v) is 7.51. The first-order chi connectivity index (χ1) is 8.72. The van der Waals surface area contributed by atoms with E-state index in [-0.39, 0.29) is 5.54 Å². The Morgan fingerprint density at radius 2 is 2.06 bits per heavy atom. The fourth-order valence-corrected chi connectivity index (χ4v) is 3.85. The van der Waals surface area contributed by atoms with E-state index in [1.165, 1.54) is 38.5 Å². The predicted molar refractivity (Wildman–Crippen MR) is 72.4 cm³/mol. The van der Waals surface area contributed by atoms with E-state index in [0.29, 0.717) is 12.5 Å². The molecule has 0 atom stereocenters. The Bertz CT molecular complexity index is 282. The number of hydrogen-bond acceptors (Lipinski definition) is 2. The van der Waals surface area contributed by atoms with Gasteiger partial charge in [-0.05, 0) is 38.0 Å². The minimum absolute atomic E-state index is 0.194. The summed E-state index contributed by atoms with van der Waals surface area (Å²) in [4.78, 5) is 14.2. The van der Waals surface area contributed by atoms with Crippen molar-refractivity contribution in [1.82, 2.24) is 4.90 Å². The van der Waals surface area contributed by atoms with Crippen LogP contribution in [-0.4, -0.2) is 36.6 Å². The van der Waals surface area contributed by atoms with Gasteiger partial charge in [0.05, 0.1) is 6.61 Å². The van der Waals surface area contributed by atoms with E-state index in [1.54, 1.807) is 7.11 Å². The molecule has 1 saturated heterocycles. The molecule has 1 saturated carbocycles. The normalized spacial score (nSPS) is 32.4. The Kier molecular flexibility index (Phi) is 4.66. The quantitative estimate of drug-likeness (QED) is 0.754. The predicted octanol–water partition coefficient (Wildman–Crippen LogP) is 2.98. The van der Waals surface area contributed by atoms with E-state index in [4.69, 9.17) is 4.74 Å². The summed E-state index contributed by atoms with van der Waals surface area (Å²) in [5.74, 6) is 1.25. The number of likely N-dealkylation sites (tertiary alicyclic amines) is 1. The molecule has 0 aromatic rings. The number of rotatable bonds is 5. The van der Waals surface area contributed by atoms with Crippen molar-refractivity contribution in [2.24, 2.45) is 5.92 Å².